The van der Waals surface area contributed by atoms with E-state index in [0.29, 0.717) is 22.7 Å². The lowest BCUT2D eigenvalue weighted by molar-refractivity contribution is -0.887. The number of hydrogen-bond acceptors (Lipinski definition) is 4. The Labute approximate surface area is 187 Å². The number of likely N-dealkylation sites (tertiary alicyclic amines) is 1. The van der Waals surface area contributed by atoms with Gasteiger partial charge in [0.25, 0.3) is 11.8 Å². The fraction of sp³-hybridized carbons (Fsp3) is 0.333. The summed E-state index contributed by atoms with van der Waals surface area (Å²) in [5.74, 6) is 0.469. The van der Waals surface area contributed by atoms with Crippen LogP contribution in [-0.2, 0) is 4.79 Å². The highest BCUT2D eigenvalue weighted by molar-refractivity contribution is 8.04. The second-order valence-corrected chi connectivity index (χ2v) is 8.95. The van der Waals surface area contributed by atoms with Gasteiger partial charge in [0, 0.05) is 36.3 Å². The summed E-state index contributed by atoms with van der Waals surface area (Å²) in [6, 6.07) is 13.0. The molecule has 162 valence electrons. The standard InChI is InChI=1S/C24H27N3O3S/c1-30-19-7-4-6-17(14-19)15-22-24(29)26-20-16-18(8-9-21(20)31-22)23(28)25-10-5-13-27-11-2-3-12-27/h4,6-9,14-16H,2-3,5,10-13H2,1H3,(H,25,28)(H,26,29)/p+1. The molecular weight excluding hydrogens is 410 g/mol. The fourth-order valence-corrected chi connectivity index (χ4v) is 4.88. The van der Waals surface area contributed by atoms with Crippen LogP contribution in [0.1, 0.15) is 35.2 Å². The molecule has 0 radical (unpaired) electrons. The van der Waals surface area contributed by atoms with Gasteiger partial charge in [-0.05, 0) is 42.0 Å². The lowest BCUT2D eigenvalue weighted by Gasteiger charge is -2.19. The van der Waals surface area contributed by atoms with Crippen molar-refractivity contribution in [1.82, 2.24) is 5.32 Å². The fourth-order valence-electron chi connectivity index (χ4n) is 3.95. The molecule has 3 N–H and O–H groups in total. The molecular formula is C24H28N3O3S+. The number of rotatable bonds is 7. The Morgan fingerprint density at radius 3 is 2.87 bits per heavy atom. The van der Waals surface area contributed by atoms with Gasteiger partial charge in [-0.25, -0.2) is 0 Å². The van der Waals surface area contributed by atoms with E-state index in [2.05, 4.69) is 10.6 Å². The average molecular weight is 439 g/mol. The Hall–Kier alpha value is -2.77. The number of amides is 2. The third-order valence-corrected chi connectivity index (χ3v) is 6.73. The van der Waals surface area contributed by atoms with Crippen LogP contribution in [0.4, 0.5) is 5.69 Å². The van der Waals surface area contributed by atoms with Gasteiger partial charge in [-0.3, -0.25) is 9.59 Å². The number of carbonyl (C=O) groups is 2. The molecule has 2 heterocycles. The van der Waals surface area contributed by atoms with Gasteiger partial charge in [-0.1, -0.05) is 23.9 Å². The predicted octanol–water partition coefficient (Wildman–Crippen LogP) is 2.58. The van der Waals surface area contributed by atoms with E-state index in [9.17, 15) is 9.59 Å². The first-order valence-corrected chi connectivity index (χ1v) is 11.5. The van der Waals surface area contributed by atoms with Gasteiger partial charge >= 0.3 is 0 Å². The quantitative estimate of drug-likeness (QED) is 0.459. The molecule has 2 aliphatic heterocycles. The summed E-state index contributed by atoms with van der Waals surface area (Å²) in [4.78, 5) is 28.3. The van der Waals surface area contributed by atoms with Crippen molar-refractivity contribution < 1.29 is 19.2 Å². The molecule has 31 heavy (non-hydrogen) atoms. The summed E-state index contributed by atoms with van der Waals surface area (Å²) < 4.78 is 5.25. The number of nitrogens with one attached hydrogen (secondary N) is 3. The van der Waals surface area contributed by atoms with Gasteiger partial charge in [0.2, 0.25) is 0 Å². The van der Waals surface area contributed by atoms with Crippen LogP contribution in [0.5, 0.6) is 5.75 Å². The Morgan fingerprint density at radius 1 is 1.23 bits per heavy atom. The van der Waals surface area contributed by atoms with Gasteiger partial charge in [-0.15, -0.1) is 0 Å². The van der Waals surface area contributed by atoms with Crippen LogP contribution in [0.2, 0.25) is 0 Å². The second-order valence-electron chi connectivity index (χ2n) is 7.87. The highest BCUT2D eigenvalue weighted by atomic mass is 32.2. The number of anilines is 1. The molecule has 0 atom stereocenters. The maximum atomic E-state index is 12.6. The molecule has 0 aromatic heterocycles. The van der Waals surface area contributed by atoms with E-state index >= 15 is 0 Å². The van der Waals surface area contributed by atoms with Crippen molar-refractivity contribution in [2.45, 2.75) is 24.2 Å². The van der Waals surface area contributed by atoms with Crippen LogP contribution in [0.3, 0.4) is 0 Å². The number of hydrogen-bond donors (Lipinski definition) is 3. The van der Waals surface area contributed by atoms with Crippen molar-refractivity contribution in [2.24, 2.45) is 0 Å². The zero-order valence-corrected chi connectivity index (χ0v) is 18.5. The van der Waals surface area contributed by atoms with Gasteiger partial charge in [0.05, 0.1) is 37.3 Å². The minimum Gasteiger partial charge on any atom is -0.497 e. The molecule has 0 bridgehead atoms. The molecule has 6 nitrogen and oxygen atoms in total. The molecule has 2 amide bonds. The molecule has 0 unspecified atom stereocenters. The molecule has 0 saturated carbocycles. The van der Waals surface area contributed by atoms with Crippen LogP contribution >= 0.6 is 11.8 Å². The molecule has 1 saturated heterocycles. The number of benzene rings is 2. The topological polar surface area (TPSA) is 71.9 Å². The normalized spacial score (nSPS) is 17.3. The number of fused-ring (bicyclic) bond motifs is 1. The van der Waals surface area contributed by atoms with Gasteiger partial charge in [-0.2, -0.15) is 0 Å². The second kappa shape index (κ2) is 10.0. The Bertz CT molecular complexity index is 999. The first kappa shape index (κ1) is 21.5. The molecule has 1 fully saturated rings. The van der Waals surface area contributed by atoms with Crippen LogP contribution in [-0.4, -0.2) is 45.1 Å². The molecule has 2 aromatic carbocycles. The monoisotopic (exact) mass is 438 g/mol. The summed E-state index contributed by atoms with van der Waals surface area (Å²) in [6.07, 6.45) is 5.46. The highest BCUT2D eigenvalue weighted by Crippen LogP contribution is 2.39. The van der Waals surface area contributed by atoms with Crippen molar-refractivity contribution in [1.29, 1.82) is 0 Å². The van der Waals surface area contributed by atoms with Crippen LogP contribution in [0.25, 0.3) is 6.08 Å². The summed E-state index contributed by atoms with van der Waals surface area (Å²) in [7, 11) is 1.62. The summed E-state index contributed by atoms with van der Waals surface area (Å²) in [6.45, 7) is 4.29. The highest BCUT2D eigenvalue weighted by Gasteiger charge is 2.22. The summed E-state index contributed by atoms with van der Waals surface area (Å²) in [5.41, 5.74) is 2.13. The molecule has 4 rings (SSSR count). The van der Waals surface area contributed by atoms with E-state index in [1.54, 1.807) is 18.1 Å². The molecule has 2 aromatic rings. The first-order chi connectivity index (χ1) is 15.1. The maximum absolute atomic E-state index is 12.6. The Kier molecular flexibility index (Phi) is 6.94. The molecule has 2 aliphatic rings. The number of quaternary nitrogens is 1. The van der Waals surface area contributed by atoms with E-state index in [1.807, 2.05) is 42.5 Å². The van der Waals surface area contributed by atoms with E-state index in [-0.39, 0.29) is 11.8 Å². The predicted molar refractivity (Wildman–Crippen MR) is 124 cm³/mol. The molecule has 7 heteroatoms. The maximum Gasteiger partial charge on any atom is 0.262 e. The summed E-state index contributed by atoms with van der Waals surface area (Å²) >= 11 is 1.40. The lowest BCUT2D eigenvalue weighted by Crippen LogP contribution is -3.10. The van der Waals surface area contributed by atoms with Crippen LogP contribution in [0.15, 0.2) is 52.3 Å². The van der Waals surface area contributed by atoms with Crippen molar-refractivity contribution >= 4 is 35.3 Å². The SMILES string of the molecule is COc1cccc(C=C2Sc3ccc(C(=O)NCCC[NH+]4CCCC4)cc3NC2=O)c1. The van der Waals surface area contributed by atoms with E-state index in [0.717, 1.165) is 29.2 Å². The van der Waals surface area contributed by atoms with E-state index < -0.39 is 0 Å². The van der Waals surface area contributed by atoms with Crippen molar-refractivity contribution in [3.63, 3.8) is 0 Å². The zero-order chi connectivity index (χ0) is 21.6. The van der Waals surface area contributed by atoms with Crippen molar-refractivity contribution in [2.75, 3.05) is 38.6 Å². The third kappa shape index (κ3) is 5.48. The average Bonchev–Trinajstić information content (AvgIpc) is 3.30. The van der Waals surface area contributed by atoms with Crippen LogP contribution in [0, 0.1) is 0 Å². The lowest BCUT2D eigenvalue weighted by atomic mass is 10.1. The Balaban J connectivity index is 1.38. The Morgan fingerprint density at radius 2 is 2.06 bits per heavy atom. The molecule has 0 spiro atoms. The first-order valence-electron chi connectivity index (χ1n) is 10.7. The van der Waals surface area contributed by atoms with Crippen molar-refractivity contribution in [3.05, 3.63) is 58.5 Å². The van der Waals surface area contributed by atoms with Crippen molar-refractivity contribution in [3.8, 4) is 5.75 Å². The van der Waals surface area contributed by atoms with E-state index in [4.69, 9.17) is 4.74 Å². The van der Waals surface area contributed by atoms with Crippen LogP contribution < -0.4 is 20.3 Å². The zero-order valence-electron chi connectivity index (χ0n) is 17.7. The minimum absolute atomic E-state index is 0.101. The van der Waals surface area contributed by atoms with Gasteiger partial charge in [0.1, 0.15) is 5.75 Å². The number of thioether (sulfide) groups is 1. The van der Waals surface area contributed by atoms with Gasteiger partial charge < -0.3 is 20.3 Å². The number of carbonyl (C=O) groups excluding carboxylic acids is 2. The number of methoxy groups -OCH3 is 1. The largest absolute Gasteiger partial charge is 0.497 e. The number of ether oxygens (including phenoxy) is 1. The summed E-state index contributed by atoms with van der Waals surface area (Å²) in [5, 5.41) is 5.91. The minimum atomic E-state index is -0.175. The smallest absolute Gasteiger partial charge is 0.262 e. The van der Waals surface area contributed by atoms with Gasteiger partial charge in [0.15, 0.2) is 0 Å². The third-order valence-electron chi connectivity index (χ3n) is 5.63. The van der Waals surface area contributed by atoms with E-state index in [1.165, 1.54) is 37.7 Å². The molecule has 0 aliphatic carbocycles.